The van der Waals surface area contributed by atoms with Crippen LogP contribution in [0.3, 0.4) is 0 Å². The molecule has 0 radical (unpaired) electrons. The van der Waals surface area contributed by atoms with Gasteiger partial charge >= 0.3 is 0 Å². The first-order chi connectivity index (χ1) is 10.3. The lowest BCUT2D eigenvalue weighted by Gasteiger charge is -2.28. The molecule has 1 aromatic heterocycles. The van der Waals surface area contributed by atoms with Crippen molar-refractivity contribution in [3.05, 3.63) is 59.5 Å². The first kappa shape index (κ1) is 14.4. The molecule has 112 valence electrons. The van der Waals surface area contributed by atoms with Crippen LogP contribution in [0.1, 0.15) is 35.8 Å². The molecule has 0 saturated carbocycles. The summed E-state index contributed by atoms with van der Waals surface area (Å²) >= 11 is 0. The molecule has 2 heterocycles. The van der Waals surface area contributed by atoms with Crippen LogP contribution in [0.25, 0.3) is 0 Å². The summed E-state index contributed by atoms with van der Waals surface area (Å²) in [6.45, 7) is 6.28. The summed E-state index contributed by atoms with van der Waals surface area (Å²) in [6, 6.07) is 13.3. The highest BCUT2D eigenvalue weighted by molar-refractivity contribution is 5.20. The Bertz CT molecular complexity index is 543. The zero-order valence-corrected chi connectivity index (χ0v) is 12.7. The van der Waals surface area contributed by atoms with Gasteiger partial charge < -0.3 is 9.73 Å². The summed E-state index contributed by atoms with van der Waals surface area (Å²) < 4.78 is 5.50. The lowest BCUT2D eigenvalue weighted by molar-refractivity contribution is 0.237. The second-order valence-electron chi connectivity index (χ2n) is 5.83. The molecule has 1 saturated heterocycles. The van der Waals surface area contributed by atoms with Crippen LogP contribution in [-0.4, -0.2) is 24.5 Å². The largest absolute Gasteiger partial charge is 0.468 e. The van der Waals surface area contributed by atoms with E-state index in [0.29, 0.717) is 6.04 Å². The van der Waals surface area contributed by atoms with Crippen LogP contribution in [0, 0.1) is 6.92 Å². The molecule has 0 amide bonds. The monoisotopic (exact) mass is 284 g/mol. The minimum Gasteiger partial charge on any atom is -0.468 e. The molecule has 0 spiro atoms. The molecule has 1 unspecified atom stereocenters. The van der Waals surface area contributed by atoms with Crippen molar-refractivity contribution in [1.82, 2.24) is 10.2 Å². The minimum absolute atomic E-state index is 0.462. The van der Waals surface area contributed by atoms with Gasteiger partial charge in [0.15, 0.2) is 0 Å². The van der Waals surface area contributed by atoms with Crippen LogP contribution in [0.5, 0.6) is 0 Å². The van der Waals surface area contributed by atoms with Gasteiger partial charge in [-0.2, -0.15) is 0 Å². The Balaban J connectivity index is 1.63. The average Bonchev–Trinajstić information content (AvgIpc) is 3.17. The van der Waals surface area contributed by atoms with Gasteiger partial charge in [0.2, 0.25) is 0 Å². The van der Waals surface area contributed by atoms with E-state index in [1.165, 1.54) is 37.1 Å². The van der Waals surface area contributed by atoms with Crippen LogP contribution in [0.15, 0.2) is 47.1 Å². The molecule has 0 aliphatic carbocycles. The van der Waals surface area contributed by atoms with E-state index in [1.54, 1.807) is 6.26 Å². The number of hydrogen-bond donors (Lipinski definition) is 1. The predicted molar refractivity (Wildman–Crippen MR) is 85.1 cm³/mol. The molecule has 1 aliphatic rings. The number of likely N-dealkylation sites (tertiary alicyclic amines) is 1. The number of hydrogen-bond acceptors (Lipinski definition) is 3. The second kappa shape index (κ2) is 6.92. The van der Waals surface area contributed by atoms with Gasteiger partial charge in [0, 0.05) is 12.6 Å². The maximum atomic E-state index is 5.50. The molecule has 2 aromatic rings. The lowest BCUT2D eigenvalue weighted by Crippen LogP contribution is -2.34. The third-order valence-corrected chi connectivity index (χ3v) is 4.36. The number of nitrogens with zero attached hydrogens (tertiary/aromatic N) is 1. The summed E-state index contributed by atoms with van der Waals surface area (Å²) in [5, 5.41) is 3.57. The van der Waals surface area contributed by atoms with E-state index in [-0.39, 0.29) is 0 Å². The van der Waals surface area contributed by atoms with Crippen LogP contribution in [0.2, 0.25) is 0 Å². The van der Waals surface area contributed by atoms with Crippen molar-refractivity contribution in [3.63, 3.8) is 0 Å². The Morgan fingerprint density at radius 3 is 2.57 bits per heavy atom. The first-order valence-electron chi connectivity index (χ1n) is 7.87. The number of nitrogens with one attached hydrogen (secondary N) is 1. The minimum atomic E-state index is 0.462. The third kappa shape index (κ3) is 3.55. The zero-order chi connectivity index (χ0) is 14.5. The molecule has 0 bridgehead atoms. The van der Waals surface area contributed by atoms with Crippen molar-refractivity contribution in [2.75, 3.05) is 19.6 Å². The standard InChI is InChI=1S/C18H24N2O/c1-15-9-12-21-18(15)14-19-13-17(20-10-5-6-11-20)16-7-3-2-4-8-16/h2-4,7-9,12,17,19H,5-6,10-11,13-14H2,1H3. The van der Waals surface area contributed by atoms with Gasteiger partial charge in [0.25, 0.3) is 0 Å². The fourth-order valence-electron chi connectivity index (χ4n) is 3.09. The van der Waals surface area contributed by atoms with E-state index in [9.17, 15) is 0 Å². The van der Waals surface area contributed by atoms with Gasteiger partial charge in [-0.1, -0.05) is 30.3 Å². The van der Waals surface area contributed by atoms with Crippen LogP contribution < -0.4 is 5.32 Å². The van der Waals surface area contributed by atoms with Crippen LogP contribution >= 0.6 is 0 Å². The number of benzene rings is 1. The summed E-state index contributed by atoms with van der Waals surface area (Å²) in [5.41, 5.74) is 2.63. The summed E-state index contributed by atoms with van der Waals surface area (Å²) in [7, 11) is 0. The summed E-state index contributed by atoms with van der Waals surface area (Å²) in [6.07, 6.45) is 4.41. The molecule has 1 atom stereocenters. The highest BCUT2D eigenvalue weighted by atomic mass is 16.3. The quantitative estimate of drug-likeness (QED) is 0.880. The van der Waals surface area contributed by atoms with Crippen molar-refractivity contribution < 1.29 is 4.42 Å². The lowest BCUT2D eigenvalue weighted by atomic mass is 10.1. The molecule has 3 rings (SSSR count). The zero-order valence-electron chi connectivity index (χ0n) is 12.7. The van der Waals surface area contributed by atoms with Crippen molar-refractivity contribution >= 4 is 0 Å². The normalized spacial score (nSPS) is 17.2. The van der Waals surface area contributed by atoms with E-state index in [2.05, 4.69) is 47.5 Å². The molecular weight excluding hydrogens is 260 g/mol. The molecule has 3 nitrogen and oxygen atoms in total. The second-order valence-corrected chi connectivity index (χ2v) is 5.83. The molecule has 1 fully saturated rings. The van der Waals surface area contributed by atoms with Gasteiger partial charge in [-0.25, -0.2) is 0 Å². The van der Waals surface area contributed by atoms with Crippen molar-refractivity contribution in [3.8, 4) is 0 Å². The average molecular weight is 284 g/mol. The Labute approximate surface area is 127 Å². The van der Waals surface area contributed by atoms with E-state index in [4.69, 9.17) is 4.42 Å². The number of rotatable bonds is 6. The molecule has 1 aromatic carbocycles. The molecule has 1 aliphatic heterocycles. The van der Waals surface area contributed by atoms with E-state index < -0.39 is 0 Å². The SMILES string of the molecule is Cc1ccoc1CNCC(c1ccccc1)N1CCCC1. The highest BCUT2D eigenvalue weighted by Gasteiger charge is 2.23. The molecule has 1 N–H and O–H groups in total. The number of furan rings is 1. The Morgan fingerprint density at radius 2 is 1.90 bits per heavy atom. The number of aryl methyl sites for hydroxylation is 1. The maximum Gasteiger partial charge on any atom is 0.120 e. The first-order valence-corrected chi connectivity index (χ1v) is 7.87. The van der Waals surface area contributed by atoms with Crippen molar-refractivity contribution in [2.24, 2.45) is 0 Å². The van der Waals surface area contributed by atoms with Gasteiger partial charge in [0.1, 0.15) is 5.76 Å². The van der Waals surface area contributed by atoms with E-state index >= 15 is 0 Å². The molecular formula is C18H24N2O. The van der Waals surface area contributed by atoms with Gasteiger partial charge in [0.05, 0.1) is 12.8 Å². The molecule has 3 heteroatoms. The third-order valence-electron chi connectivity index (χ3n) is 4.36. The fraction of sp³-hybridized carbons (Fsp3) is 0.444. The Morgan fingerprint density at radius 1 is 1.14 bits per heavy atom. The van der Waals surface area contributed by atoms with Gasteiger partial charge in [-0.3, -0.25) is 4.90 Å². The van der Waals surface area contributed by atoms with Gasteiger partial charge in [-0.05, 0) is 50.0 Å². The molecule has 21 heavy (non-hydrogen) atoms. The topological polar surface area (TPSA) is 28.4 Å². The van der Waals surface area contributed by atoms with Crippen molar-refractivity contribution in [1.29, 1.82) is 0 Å². The van der Waals surface area contributed by atoms with E-state index in [1.807, 2.05) is 6.07 Å². The highest BCUT2D eigenvalue weighted by Crippen LogP contribution is 2.24. The summed E-state index contributed by atoms with van der Waals surface area (Å²) in [5.74, 6) is 1.04. The maximum absolute atomic E-state index is 5.50. The summed E-state index contributed by atoms with van der Waals surface area (Å²) in [4.78, 5) is 2.59. The van der Waals surface area contributed by atoms with E-state index in [0.717, 1.165) is 18.8 Å². The smallest absolute Gasteiger partial charge is 0.120 e. The Hall–Kier alpha value is -1.58. The van der Waals surface area contributed by atoms with Crippen LogP contribution in [0.4, 0.5) is 0 Å². The van der Waals surface area contributed by atoms with Gasteiger partial charge in [-0.15, -0.1) is 0 Å². The fourth-order valence-corrected chi connectivity index (χ4v) is 3.09. The predicted octanol–water partition coefficient (Wildman–Crippen LogP) is 3.51. The van der Waals surface area contributed by atoms with Crippen LogP contribution in [-0.2, 0) is 6.54 Å². The Kier molecular flexibility index (Phi) is 4.73. The van der Waals surface area contributed by atoms with Crippen molar-refractivity contribution in [2.45, 2.75) is 32.4 Å².